The molecular formula is C18H22ClN3O2S. The zero-order valence-corrected chi connectivity index (χ0v) is 15.4. The number of sulfonamides is 1. The van der Waals surface area contributed by atoms with E-state index in [1.54, 1.807) is 12.1 Å². The summed E-state index contributed by atoms with van der Waals surface area (Å²) in [4.78, 5) is 2.57. The standard InChI is InChI=1S/C18H22ClN3O2S/c19-15-6-8-18(9-7-15)25(23,24)21-12-11-20-16-10-13-22(14-16)17-4-2-1-3-5-17/h1-9,16,20-21H,10-14H2. The fraction of sp³-hybridized carbons (Fsp3) is 0.333. The molecule has 0 aromatic heterocycles. The third-order valence-corrected chi connectivity index (χ3v) is 6.01. The van der Waals surface area contributed by atoms with Gasteiger partial charge in [0.1, 0.15) is 0 Å². The van der Waals surface area contributed by atoms with E-state index in [-0.39, 0.29) is 4.90 Å². The lowest BCUT2D eigenvalue weighted by Gasteiger charge is -2.19. The molecule has 2 aromatic carbocycles. The molecule has 2 N–H and O–H groups in total. The molecule has 25 heavy (non-hydrogen) atoms. The lowest BCUT2D eigenvalue weighted by atomic mass is 10.2. The smallest absolute Gasteiger partial charge is 0.240 e. The van der Waals surface area contributed by atoms with Crippen LogP contribution in [0.3, 0.4) is 0 Å². The van der Waals surface area contributed by atoms with Crippen LogP contribution in [0.2, 0.25) is 5.02 Å². The van der Waals surface area contributed by atoms with Gasteiger partial charge in [-0.3, -0.25) is 0 Å². The minimum absolute atomic E-state index is 0.230. The van der Waals surface area contributed by atoms with Gasteiger partial charge >= 0.3 is 0 Å². The SMILES string of the molecule is O=S(=O)(NCCNC1CCN(c2ccccc2)C1)c1ccc(Cl)cc1. The van der Waals surface area contributed by atoms with Crippen molar-refractivity contribution in [1.29, 1.82) is 0 Å². The van der Waals surface area contributed by atoms with E-state index in [1.165, 1.54) is 17.8 Å². The molecule has 1 aliphatic heterocycles. The van der Waals surface area contributed by atoms with Crippen LogP contribution in [0.5, 0.6) is 0 Å². The average Bonchev–Trinajstić information content (AvgIpc) is 3.09. The van der Waals surface area contributed by atoms with Gasteiger partial charge in [0.2, 0.25) is 10.0 Å². The molecule has 0 saturated carbocycles. The Morgan fingerprint density at radius 3 is 2.48 bits per heavy atom. The number of para-hydroxylation sites is 1. The molecule has 1 heterocycles. The maximum absolute atomic E-state index is 12.2. The van der Waals surface area contributed by atoms with E-state index in [1.807, 2.05) is 18.2 Å². The summed E-state index contributed by atoms with van der Waals surface area (Å²) in [5, 5.41) is 3.94. The fourth-order valence-corrected chi connectivity index (χ4v) is 4.12. The molecule has 5 nitrogen and oxygen atoms in total. The predicted octanol–water partition coefficient (Wildman–Crippen LogP) is 2.49. The number of hydrogen-bond donors (Lipinski definition) is 2. The molecule has 1 aliphatic rings. The number of benzene rings is 2. The first-order chi connectivity index (χ1) is 12.0. The monoisotopic (exact) mass is 379 g/mol. The summed E-state index contributed by atoms with van der Waals surface area (Å²) in [5.41, 5.74) is 1.23. The summed E-state index contributed by atoms with van der Waals surface area (Å²) < 4.78 is 27.0. The Hall–Kier alpha value is -1.60. The highest BCUT2D eigenvalue weighted by atomic mass is 35.5. The minimum Gasteiger partial charge on any atom is -0.370 e. The van der Waals surface area contributed by atoms with Crippen molar-refractivity contribution >= 4 is 27.3 Å². The van der Waals surface area contributed by atoms with Gasteiger partial charge in [0, 0.05) is 42.9 Å². The summed E-state index contributed by atoms with van der Waals surface area (Å²) in [6.07, 6.45) is 1.05. The van der Waals surface area contributed by atoms with Crippen molar-refractivity contribution in [3.63, 3.8) is 0 Å². The van der Waals surface area contributed by atoms with Gasteiger partial charge in [-0.25, -0.2) is 13.1 Å². The molecule has 1 unspecified atom stereocenters. The van der Waals surface area contributed by atoms with Crippen molar-refractivity contribution in [2.45, 2.75) is 17.4 Å². The second kappa shape index (κ2) is 8.19. The molecule has 0 amide bonds. The largest absolute Gasteiger partial charge is 0.370 e. The van der Waals surface area contributed by atoms with E-state index in [4.69, 9.17) is 11.6 Å². The average molecular weight is 380 g/mol. The maximum atomic E-state index is 12.2. The molecule has 0 spiro atoms. The number of nitrogens with zero attached hydrogens (tertiary/aromatic N) is 1. The quantitative estimate of drug-likeness (QED) is 0.725. The molecule has 1 fully saturated rings. The van der Waals surface area contributed by atoms with Gasteiger partial charge in [-0.2, -0.15) is 0 Å². The van der Waals surface area contributed by atoms with Gasteiger partial charge in [-0.15, -0.1) is 0 Å². The molecule has 0 aliphatic carbocycles. The summed E-state index contributed by atoms with van der Waals surface area (Å²) in [5.74, 6) is 0. The number of nitrogens with one attached hydrogen (secondary N) is 2. The third-order valence-electron chi connectivity index (χ3n) is 4.28. The highest BCUT2D eigenvalue weighted by Gasteiger charge is 2.22. The summed E-state index contributed by atoms with van der Waals surface area (Å²) in [6, 6.07) is 16.9. The number of halogens is 1. The molecule has 134 valence electrons. The second-order valence-corrected chi connectivity index (χ2v) is 8.28. The van der Waals surface area contributed by atoms with Gasteiger partial charge in [0.25, 0.3) is 0 Å². The Morgan fingerprint density at radius 2 is 1.76 bits per heavy atom. The summed E-state index contributed by atoms with van der Waals surface area (Å²) in [7, 11) is -3.49. The Kier molecular flexibility index (Phi) is 5.96. The lowest BCUT2D eigenvalue weighted by Crippen LogP contribution is -2.38. The topological polar surface area (TPSA) is 61.4 Å². The van der Waals surface area contributed by atoms with E-state index >= 15 is 0 Å². The molecule has 7 heteroatoms. The minimum atomic E-state index is -3.49. The van der Waals surface area contributed by atoms with Crippen molar-refractivity contribution < 1.29 is 8.42 Å². The van der Waals surface area contributed by atoms with Gasteiger partial charge < -0.3 is 10.2 Å². The van der Waals surface area contributed by atoms with Crippen LogP contribution in [-0.2, 0) is 10.0 Å². The van der Waals surface area contributed by atoms with E-state index in [0.29, 0.717) is 24.2 Å². The number of hydrogen-bond acceptors (Lipinski definition) is 4. The van der Waals surface area contributed by atoms with E-state index in [2.05, 4.69) is 27.1 Å². The van der Waals surface area contributed by atoms with Crippen molar-refractivity contribution in [2.75, 3.05) is 31.1 Å². The Labute approximate surface area is 154 Å². The number of anilines is 1. The molecule has 0 radical (unpaired) electrons. The summed E-state index contributed by atoms with van der Waals surface area (Å²) in [6.45, 7) is 2.90. The first-order valence-corrected chi connectivity index (χ1v) is 10.2. The Balaban J connectivity index is 1.42. The van der Waals surface area contributed by atoms with Gasteiger partial charge in [-0.05, 0) is 42.8 Å². The third kappa shape index (κ3) is 4.95. The maximum Gasteiger partial charge on any atom is 0.240 e. The molecular weight excluding hydrogens is 358 g/mol. The highest BCUT2D eigenvalue weighted by molar-refractivity contribution is 7.89. The van der Waals surface area contributed by atoms with E-state index < -0.39 is 10.0 Å². The Bertz CT molecular complexity index is 782. The molecule has 2 aromatic rings. The van der Waals surface area contributed by atoms with Crippen LogP contribution >= 0.6 is 11.6 Å². The lowest BCUT2D eigenvalue weighted by molar-refractivity contribution is 0.540. The van der Waals surface area contributed by atoms with Crippen LogP contribution < -0.4 is 14.9 Å². The fourth-order valence-electron chi connectivity index (χ4n) is 2.96. The summed E-state index contributed by atoms with van der Waals surface area (Å²) >= 11 is 5.79. The second-order valence-electron chi connectivity index (χ2n) is 6.07. The number of rotatable bonds is 7. The first kappa shape index (κ1) is 18.2. The van der Waals surface area contributed by atoms with Gasteiger partial charge in [0.05, 0.1) is 4.90 Å². The van der Waals surface area contributed by atoms with Gasteiger partial charge in [0.15, 0.2) is 0 Å². The zero-order valence-electron chi connectivity index (χ0n) is 13.9. The van der Waals surface area contributed by atoms with Crippen LogP contribution in [0.25, 0.3) is 0 Å². The molecule has 1 atom stereocenters. The molecule has 1 saturated heterocycles. The van der Waals surface area contributed by atoms with Crippen molar-refractivity contribution in [3.8, 4) is 0 Å². The van der Waals surface area contributed by atoms with Crippen molar-refractivity contribution in [1.82, 2.24) is 10.0 Å². The molecule has 0 bridgehead atoms. The van der Waals surface area contributed by atoms with Crippen molar-refractivity contribution in [3.05, 3.63) is 59.6 Å². The van der Waals surface area contributed by atoms with Gasteiger partial charge in [-0.1, -0.05) is 29.8 Å². The predicted molar refractivity (Wildman–Crippen MR) is 102 cm³/mol. The van der Waals surface area contributed by atoms with Crippen molar-refractivity contribution in [2.24, 2.45) is 0 Å². The van der Waals surface area contributed by atoms with Crippen LogP contribution in [0.4, 0.5) is 5.69 Å². The van der Waals surface area contributed by atoms with E-state index in [9.17, 15) is 8.42 Å². The Morgan fingerprint density at radius 1 is 1.04 bits per heavy atom. The van der Waals surface area contributed by atoms with Crippen LogP contribution in [0.1, 0.15) is 6.42 Å². The molecule has 3 rings (SSSR count). The normalized spacial score (nSPS) is 17.8. The van der Waals surface area contributed by atoms with E-state index in [0.717, 1.165) is 19.5 Å². The highest BCUT2D eigenvalue weighted by Crippen LogP contribution is 2.19. The van der Waals surface area contributed by atoms with Crippen LogP contribution in [0.15, 0.2) is 59.5 Å². The zero-order chi connectivity index (χ0) is 17.7. The van der Waals surface area contributed by atoms with Crippen LogP contribution in [-0.4, -0.2) is 40.6 Å². The van der Waals surface area contributed by atoms with Crippen LogP contribution in [0, 0.1) is 0 Å². The first-order valence-electron chi connectivity index (χ1n) is 8.33.